The molecule has 1 aliphatic rings. The summed E-state index contributed by atoms with van der Waals surface area (Å²) in [5.74, 6) is 0.752. The Hall–Kier alpha value is -1.22. The molecule has 3 nitrogen and oxygen atoms in total. The number of ether oxygens (including phenoxy) is 1. The van der Waals surface area contributed by atoms with Gasteiger partial charge in [-0.25, -0.2) is 0 Å². The molecule has 3 N–H and O–H groups in total. The lowest BCUT2D eigenvalue weighted by Gasteiger charge is -2.20. The van der Waals surface area contributed by atoms with E-state index < -0.39 is 0 Å². The van der Waals surface area contributed by atoms with Gasteiger partial charge in [0.25, 0.3) is 0 Å². The van der Waals surface area contributed by atoms with E-state index in [0.29, 0.717) is 18.9 Å². The molecule has 0 radical (unpaired) electrons. The van der Waals surface area contributed by atoms with Gasteiger partial charge in [0.1, 0.15) is 0 Å². The third kappa shape index (κ3) is 1.78. The highest BCUT2D eigenvalue weighted by atomic mass is 16.5. The smallest absolute Gasteiger partial charge is 0.161 e. The first kappa shape index (κ1) is 12.2. The number of hydrogen-bond donors (Lipinski definition) is 2. The van der Waals surface area contributed by atoms with Gasteiger partial charge in [-0.2, -0.15) is 0 Å². The molecule has 0 bridgehead atoms. The second kappa shape index (κ2) is 3.91. The molecule has 1 atom stereocenters. The van der Waals surface area contributed by atoms with Crippen molar-refractivity contribution in [1.29, 1.82) is 0 Å². The van der Waals surface area contributed by atoms with Crippen LogP contribution in [0.1, 0.15) is 32.8 Å². The number of hydrogen-bond acceptors (Lipinski definition) is 3. The Morgan fingerprint density at radius 1 is 1.41 bits per heavy atom. The maximum atomic E-state index is 9.70. The van der Waals surface area contributed by atoms with Gasteiger partial charge in [-0.15, -0.1) is 0 Å². The van der Waals surface area contributed by atoms with Crippen molar-refractivity contribution in [3.8, 4) is 11.5 Å². The fraction of sp³-hybridized carbons (Fsp3) is 0.571. The zero-order chi connectivity index (χ0) is 12.7. The Morgan fingerprint density at radius 3 is 2.53 bits per heavy atom. The average molecular weight is 235 g/mol. The summed E-state index contributed by atoms with van der Waals surface area (Å²) in [4.78, 5) is 0. The quantitative estimate of drug-likeness (QED) is 0.842. The van der Waals surface area contributed by atoms with E-state index in [9.17, 15) is 5.11 Å². The third-order valence-corrected chi connectivity index (χ3v) is 4.07. The van der Waals surface area contributed by atoms with Crippen LogP contribution < -0.4 is 10.5 Å². The number of aromatic hydroxyl groups is 1. The number of benzene rings is 1. The lowest BCUT2D eigenvalue weighted by atomic mass is 9.88. The highest BCUT2D eigenvalue weighted by molar-refractivity contribution is 5.48. The van der Waals surface area contributed by atoms with Crippen LogP contribution in [0.4, 0.5) is 0 Å². The fourth-order valence-corrected chi connectivity index (χ4v) is 2.75. The minimum Gasteiger partial charge on any atom is -0.504 e. The van der Waals surface area contributed by atoms with E-state index in [-0.39, 0.29) is 16.6 Å². The molecule has 0 spiro atoms. The molecule has 0 saturated heterocycles. The lowest BCUT2D eigenvalue weighted by molar-refractivity contribution is 0.317. The van der Waals surface area contributed by atoms with Crippen LogP contribution in [-0.4, -0.2) is 18.3 Å². The van der Waals surface area contributed by atoms with Crippen LogP contribution in [0.2, 0.25) is 0 Å². The Bertz CT molecular complexity index is 428. The Kier molecular flexibility index (Phi) is 2.82. The molecular weight excluding hydrogens is 214 g/mol. The van der Waals surface area contributed by atoms with E-state index in [2.05, 4.69) is 13.8 Å². The normalized spacial score (nSPS) is 25.6. The monoisotopic (exact) mass is 235 g/mol. The molecular formula is C14H21NO2. The molecule has 0 aliphatic heterocycles. The van der Waals surface area contributed by atoms with Crippen molar-refractivity contribution < 1.29 is 9.84 Å². The van der Waals surface area contributed by atoms with Gasteiger partial charge in [-0.1, -0.05) is 19.9 Å². The fourth-order valence-electron chi connectivity index (χ4n) is 2.75. The van der Waals surface area contributed by atoms with Crippen molar-refractivity contribution in [3.05, 3.63) is 23.8 Å². The van der Waals surface area contributed by atoms with Gasteiger partial charge in [0, 0.05) is 12.0 Å². The minimum atomic E-state index is 0.0482. The zero-order valence-electron chi connectivity index (χ0n) is 10.8. The van der Waals surface area contributed by atoms with Gasteiger partial charge < -0.3 is 15.6 Å². The number of rotatable bonds is 4. The van der Waals surface area contributed by atoms with Gasteiger partial charge >= 0.3 is 0 Å². The largest absolute Gasteiger partial charge is 0.504 e. The Labute approximate surface area is 103 Å². The van der Waals surface area contributed by atoms with Gasteiger partial charge in [0.2, 0.25) is 0 Å². The van der Waals surface area contributed by atoms with Crippen molar-refractivity contribution in [2.75, 3.05) is 13.2 Å². The summed E-state index contributed by atoms with van der Waals surface area (Å²) in [6.07, 6.45) is 1.09. The van der Waals surface area contributed by atoms with Crippen molar-refractivity contribution in [2.24, 2.45) is 11.1 Å². The topological polar surface area (TPSA) is 55.5 Å². The highest BCUT2D eigenvalue weighted by Gasteiger charge is 2.61. The molecule has 1 fully saturated rings. The standard InChI is InChI=1S/C14H21NO2/c1-4-17-12-7-10(5-6-11(12)16)14(9-15)8-13(14,2)3/h5-7,16H,4,8-9,15H2,1-3H3. The van der Waals surface area contributed by atoms with E-state index in [4.69, 9.17) is 10.5 Å². The van der Waals surface area contributed by atoms with Crippen LogP contribution in [0.15, 0.2) is 18.2 Å². The summed E-state index contributed by atoms with van der Waals surface area (Å²) in [6, 6.07) is 5.59. The molecule has 17 heavy (non-hydrogen) atoms. The van der Waals surface area contributed by atoms with E-state index in [1.165, 1.54) is 5.56 Å². The molecule has 1 aromatic rings. The van der Waals surface area contributed by atoms with E-state index in [1.54, 1.807) is 6.07 Å². The van der Waals surface area contributed by atoms with Crippen LogP contribution in [0, 0.1) is 5.41 Å². The van der Waals surface area contributed by atoms with Crippen molar-refractivity contribution >= 4 is 0 Å². The molecule has 1 aliphatic carbocycles. The summed E-state index contributed by atoms with van der Waals surface area (Å²) in [6.45, 7) is 7.55. The summed E-state index contributed by atoms with van der Waals surface area (Å²) >= 11 is 0. The average Bonchev–Trinajstić information content (AvgIpc) is 2.86. The van der Waals surface area contributed by atoms with E-state index in [0.717, 1.165) is 6.42 Å². The molecule has 1 unspecified atom stereocenters. The van der Waals surface area contributed by atoms with E-state index in [1.807, 2.05) is 19.1 Å². The maximum absolute atomic E-state index is 9.70. The SMILES string of the molecule is CCOc1cc(C2(CN)CC2(C)C)ccc1O. The van der Waals surface area contributed by atoms with Gasteiger partial charge in [0.05, 0.1) is 6.61 Å². The molecule has 94 valence electrons. The highest BCUT2D eigenvalue weighted by Crippen LogP contribution is 2.64. The predicted molar refractivity (Wildman–Crippen MR) is 68.4 cm³/mol. The van der Waals surface area contributed by atoms with Crippen LogP contribution in [0.25, 0.3) is 0 Å². The molecule has 3 heteroatoms. The lowest BCUT2D eigenvalue weighted by Crippen LogP contribution is -2.25. The van der Waals surface area contributed by atoms with Gasteiger partial charge in [0.15, 0.2) is 11.5 Å². The number of phenols is 1. The summed E-state index contributed by atoms with van der Waals surface area (Å²) < 4.78 is 5.42. The third-order valence-electron chi connectivity index (χ3n) is 4.07. The van der Waals surface area contributed by atoms with Gasteiger partial charge in [-0.3, -0.25) is 0 Å². The first-order valence-corrected chi connectivity index (χ1v) is 6.13. The first-order valence-electron chi connectivity index (χ1n) is 6.13. The predicted octanol–water partition coefficient (Wildman–Crippen LogP) is 2.42. The molecule has 1 aromatic carbocycles. The second-order valence-electron chi connectivity index (χ2n) is 5.46. The summed E-state index contributed by atoms with van der Waals surface area (Å²) in [7, 11) is 0. The molecule has 0 amide bonds. The minimum absolute atomic E-state index is 0.0482. The van der Waals surface area contributed by atoms with Gasteiger partial charge in [-0.05, 0) is 36.5 Å². The van der Waals surface area contributed by atoms with Crippen LogP contribution >= 0.6 is 0 Å². The summed E-state index contributed by atoms with van der Waals surface area (Å²) in [5.41, 5.74) is 7.39. The van der Waals surface area contributed by atoms with Crippen molar-refractivity contribution in [2.45, 2.75) is 32.6 Å². The Morgan fingerprint density at radius 2 is 2.06 bits per heavy atom. The molecule has 2 rings (SSSR count). The van der Waals surface area contributed by atoms with Crippen molar-refractivity contribution in [1.82, 2.24) is 0 Å². The zero-order valence-corrected chi connectivity index (χ0v) is 10.8. The number of nitrogens with two attached hydrogens (primary N) is 1. The van der Waals surface area contributed by atoms with Crippen LogP contribution in [0.5, 0.6) is 11.5 Å². The Balaban J connectivity index is 2.37. The summed E-state index contributed by atoms with van der Waals surface area (Å²) in [5, 5.41) is 9.70. The molecule has 0 aromatic heterocycles. The van der Waals surface area contributed by atoms with Crippen LogP contribution in [-0.2, 0) is 5.41 Å². The van der Waals surface area contributed by atoms with Crippen LogP contribution in [0.3, 0.4) is 0 Å². The van der Waals surface area contributed by atoms with Crippen molar-refractivity contribution in [3.63, 3.8) is 0 Å². The molecule has 1 saturated carbocycles. The number of phenolic OH excluding ortho intramolecular Hbond substituents is 1. The first-order chi connectivity index (χ1) is 7.97. The second-order valence-corrected chi connectivity index (χ2v) is 5.46. The maximum Gasteiger partial charge on any atom is 0.161 e. The van der Waals surface area contributed by atoms with E-state index >= 15 is 0 Å². The molecule has 0 heterocycles.